The van der Waals surface area contributed by atoms with Crippen LogP contribution in [-0.4, -0.2) is 47.3 Å². The summed E-state index contributed by atoms with van der Waals surface area (Å²) >= 11 is 0. The first kappa shape index (κ1) is 15.2. The summed E-state index contributed by atoms with van der Waals surface area (Å²) in [6.45, 7) is 5.12. The van der Waals surface area contributed by atoms with E-state index in [2.05, 4.69) is 16.8 Å². The highest BCUT2D eigenvalue weighted by molar-refractivity contribution is 5.34. The van der Waals surface area contributed by atoms with Gasteiger partial charge in [-0.2, -0.15) is 0 Å². The number of nitrogens with zero attached hydrogens (tertiary/aromatic N) is 2. The third-order valence-electron chi connectivity index (χ3n) is 4.47. The molecule has 4 heteroatoms. The fourth-order valence-electron chi connectivity index (χ4n) is 3.11. The Morgan fingerprint density at radius 1 is 1.09 bits per heavy atom. The van der Waals surface area contributed by atoms with E-state index in [1.54, 1.807) is 6.20 Å². The Hall–Kier alpha value is -1.75. The average molecular weight is 298 g/mol. The molecule has 2 aromatic rings. The smallest absolute Gasteiger partial charge is 0.146 e. The summed E-state index contributed by atoms with van der Waals surface area (Å²) in [6, 6.07) is 15.4. The summed E-state index contributed by atoms with van der Waals surface area (Å²) in [6.07, 6.45) is 1.73. The lowest BCUT2D eigenvalue weighted by Gasteiger charge is -2.42. The van der Waals surface area contributed by atoms with Crippen molar-refractivity contribution in [1.29, 1.82) is 0 Å². The summed E-state index contributed by atoms with van der Waals surface area (Å²) in [5.41, 5.74) is 0.410. The van der Waals surface area contributed by atoms with Crippen molar-refractivity contribution >= 4 is 0 Å². The second kappa shape index (κ2) is 6.57. The van der Waals surface area contributed by atoms with Crippen molar-refractivity contribution in [2.75, 3.05) is 26.3 Å². The maximum absolute atomic E-state index is 11.6. The molecule has 3 rings (SSSR count). The van der Waals surface area contributed by atoms with E-state index in [4.69, 9.17) is 4.74 Å². The highest BCUT2D eigenvalue weighted by Gasteiger charge is 2.42. The van der Waals surface area contributed by atoms with Crippen molar-refractivity contribution in [3.63, 3.8) is 0 Å². The second-order valence-corrected chi connectivity index (χ2v) is 5.67. The molecule has 1 saturated heterocycles. The molecule has 1 aromatic carbocycles. The molecule has 4 nitrogen and oxygen atoms in total. The number of aliphatic hydroxyl groups is 1. The minimum absolute atomic E-state index is 0.0892. The molecule has 22 heavy (non-hydrogen) atoms. The molecule has 1 fully saturated rings. The Labute approximate surface area is 131 Å². The monoisotopic (exact) mass is 298 g/mol. The number of aromatic nitrogens is 1. The zero-order valence-electron chi connectivity index (χ0n) is 12.9. The van der Waals surface area contributed by atoms with Crippen molar-refractivity contribution in [3.8, 4) is 0 Å². The van der Waals surface area contributed by atoms with E-state index >= 15 is 0 Å². The first-order chi connectivity index (χ1) is 10.7. The third-order valence-corrected chi connectivity index (χ3v) is 4.47. The van der Waals surface area contributed by atoms with E-state index in [-0.39, 0.29) is 6.04 Å². The topological polar surface area (TPSA) is 45.6 Å². The number of rotatable bonds is 4. The maximum atomic E-state index is 11.6. The molecule has 2 atom stereocenters. The summed E-state index contributed by atoms with van der Waals surface area (Å²) in [7, 11) is 0. The van der Waals surface area contributed by atoms with Gasteiger partial charge < -0.3 is 9.84 Å². The Morgan fingerprint density at radius 2 is 1.77 bits per heavy atom. The number of hydrogen-bond acceptors (Lipinski definition) is 4. The van der Waals surface area contributed by atoms with Crippen molar-refractivity contribution in [1.82, 2.24) is 9.88 Å². The Bertz CT molecular complexity index is 543. The van der Waals surface area contributed by atoms with Gasteiger partial charge in [0, 0.05) is 25.3 Å². The summed E-state index contributed by atoms with van der Waals surface area (Å²) in [5, 5.41) is 11.6. The average Bonchev–Trinajstić information content (AvgIpc) is 2.62. The summed E-state index contributed by atoms with van der Waals surface area (Å²) in [5.74, 6) is 0. The lowest BCUT2D eigenvalue weighted by Crippen LogP contribution is -2.53. The van der Waals surface area contributed by atoms with Gasteiger partial charge in [0.25, 0.3) is 0 Å². The van der Waals surface area contributed by atoms with Gasteiger partial charge in [-0.05, 0) is 24.6 Å². The van der Waals surface area contributed by atoms with Crippen molar-refractivity contribution < 1.29 is 9.84 Å². The quantitative estimate of drug-likeness (QED) is 0.938. The SMILES string of the molecule is C[C@H](N1CCOCC1)[C@@](O)(c1ccccc1)c1ccccn1. The van der Waals surface area contributed by atoms with Crippen LogP contribution in [0.3, 0.4) is 0 Å². The summed E-state index contributed by atoms with van der Waals surface area (Å²) in [4.78, 5) is 6.70. The number of benzene rings is 1. The van der Waals surface area contributed by atoms with Gasteiger partial charge in [-0.25, -0.2) is 0 Å². The van der Waals surface area contributed by atoms with Gasteiger partial charge in [0.1, 0.15) is 5.60 Å². The van der Waals surface area contributed by atoms with Gasteiger partial charge in [0.2, 0.25) is 0 Å². The van der Waals surface area contributed by atoms with Crippen molar-refractivity contribution in [2.45, 2.75) is 18.6 Å². The van der Waals surface area contributed by atoms with Gasteiger partial charge in [-0.1, -0.05) is 36.4 Å². The van der Waals surface area contributed by atoms with Crippen LogP contribution in [-0.2, 0) is 10.3 Å². The molecule has 1 aliphatic heterocycles. The third kappa shape index (κ3) is 2.77. The lowest BCUT2D eigenvalue weighted by molar-refractivity contribution is -0.0550. The van der Waals surface area contributed by atoms with Gasteiger partial charge in [0.05, 0.1) is 18.9 Å². The predicted molar refractivity (Wildman–Crippen MR) is 85.5 cm³/mol. The van der Waals surface area contributed by atoms with Gasteiger partial charge in [-0.15, -0.1) is 0 Å². The number of ether oxygens (including phenoxy) is 1. The normalized spacial score (nSPS) is 20.3. The number of hydrogen-bond donors (Lipinski definition) is 1. The molecule has 1 N–H and O–H groups in total. The zero-order chi connectivity index (χ0) is 15.4. The van der Waals surface area contributed by atoms with Crippen LogP contribution in [0.1, 0.15) is 18.2 Å². The van der Waals surface area contributed by atoms with Crippen molar-refractivity contribution in [2.24, 2.45) is 0 Å². The molecule has 0 spiro atoms. The minimum Gasteiger partial charge on any atom is -0.379 e. The van der Waals surface area contributed by atoms with E-state index in [1.165, 1.54) is 0 Å². The Morgan fingerprint density at radius 3 is 2.41 bits per heavy atom. The van der Waals surface area contributed by atoms with Crippen LogP contribution in [0, 0.1) is 0 Å². The molecule has 2 heterocycles. The minimum atomic E-state index is -1.14. The van der Waals surface area contributed by atoms with Crippen LogP contribution in [0.25, 0.3) is 0 Å². The van der Waals surface area contributed by atoms with Crippen molar-refractivity contribution in [3.05, 3.63) is 66.0 Å². The molecule has 116 valence electrons. The second-order valence-electron chi connectivity index (χ2n) is 5.67. The number of morpholine rings is 1. The zero-order valence-corrected chi connectivity index (χ0v) is 12.9. The summed E-state index contributed by atoms with van der Waals surface area (Å²) < 4.78 is 5.44. The predicted octanol–water partition coefficient (Wildman–Crippen LogP) is 2.04. The highest BCUT2D eigenvalue weighted by atomic mass is 16.5. The van der Waals surface area contributed by atoms with E-state index in [1.807, 2.05) is 48.5 Å². The molecule has 0 saturated carbocycles. The van der Waals surface area contributed by atoms with Gasteiger partial charge in [0.15, 0.2) is 0 Å². The molecular formula is C18H22N2O2. The van der Waals surface area contributed by atoms with E-state index < -0.39 is 5.60 Å². The Balaban J connectivity index is 2.03. The van der Waals surface area contributed by atoms with Crippen LogP contribution in [0.15, 0.2) is 54.7 Å². The molecule has 0 amide bonds. The number of pyridine rings is 1. The molecular weight excluding hydrogens is 276 g/mol. The maximum Gasteiger partial charge on any atom is 0.146 e. The molecule has 1 aliphatic rings. The molecule has 1 aromatic heterocycles. The Kier molecular flexibility index (Phi) is 4.52. The van der Waals surface area contributed by atoms with Crippen LogP contribution in [0.2, 0.25) is 0 Å². The molecule has 0 bridgehead atoms. The lowest BCUT2D eigenvalue weighted by atomic mass is 9.82. The highest BCUT2D eigenvalue weighted by Crippen LogP contribution is 2.34. The van der Waals surface area contributed by atoms with Crippen LogP contribution in [0.4, 0.5) is 0 Å². The van der Waals surface area contributed by atoms with Crippen LogP contribution >= 0.6 is 0 Å². The fraction of sp³-hybridized carbons (Fsp3) is 0.389. The van der Waals surface area contributed by atoms with Gasteiger partial charge >= 0.3 is 0 Å². The first-order valence-electron chi connectivity index (χ1n) is 7.74. The molecule has 0 radical (unpaired) electrons. The standard InChI is InChI=1S/C18H22N2O2/c1-15(20-11-13-22-14-12-20)18(21,16-7-3-2-4-8-16)17-9-5-6-10-19-17/h2-10,15,21H,11-14H2,1H3/t15-,18+/m0/s1. The first-order valence-corrected chi connectivity index (χ1v) is 7.74. The van der Waals surface area contributed by atoms with E-state index in [0.29, 0.717) is 18.9 Å². The largest absolute Gasteiger partial charge is 0.379 e. The fourth-order valence-corrected chi connectivity index (χ4v) is 3.11. The van der Waals surface area contributed by atoms with E-state index in [0.717, 1.165) is 18.7 Å². The van der Waals surface area contributed by atoms with Crippen LogP contribution < -0.4 is 0 Å². The van der Waals surface area contributed by atoms with Crippen LogP contribution in [0.5, 0.6) is 0 Å². The van der Waals surface area contributed by atoms with Gasteiger partial charge in [-0.3, -0.25) is 9.88 Å². The molecule has 0 unspecified atom stereocenters. The van der Waals surface area contributed by atoms with E-state index in [9.17, 15) is 5.11 Å². The molecule has 0 aliphatic carbocycles.